The highest BCUT2D eigenvalue weighted by molar-refractivity contribution is 4.92. The first-order valence-corrected chi connectivity index (χ1v) is 7.21. The van der Waals surface area contributed by atoms with Crippen molar-refractivity contribution in [1.82, 2.24) is 0 Å². The van der Waals surface area contributed by atoms with E-state index in [2.05, 4.69) is 0 Å². The van der Waals surface area contributed by atoms with Gasteiger partial charge in [-0.15, -0.1) is 0 Å². The average Bonchev–Trinajstić information content (AvgIpc) is 3.13. The summed E-state index contributed by atoms with van der Waals surface area (Å²) < 4.78 is 12.0. The maximum absolute atomic E-state index is 6.31. The Labute approximate surface area is 98.7 Å². The molecule has 2 saturated carbocycles. The van der Waals surface area contributed by atoms with Crippen molar-refractivity contribution in [3.8, 4) is 0 Å². The lowest BCUT2D eigenvalue weighted by Crippen LogP contribution is -2.34. The lowest BCUT2D eigenvalue weighted by Gasteiger charge is -2.32. The third kappa shape index (κ3) is 2.28. The van der Waals surface area contributed by atoms with E-state index in [0.717, 1.165) is 6.61 Å². The van der Waals surface area contributed by atoms with Crippen LogP contribution in [0.5, 0.6) is 0 Å². The van der Waals surface area contributed by atoms with Gasteiger partial charge in [0.1, 0.15) is 6.61 Å². The van der Waals surface area contributed by atoms with Crippen LogP contribution in [0.2, 0.25) is 0 Å². The summed E-state index contributed by atoms with van der Waals surface area (Å²) in [6, 6.07) is 0. The molecule has 0 bridgehead atoms. The molecule has 3 fully saturated rings. The molecule has 1 aliphatic heterocycles. The standard InChI is InChI=1S/C14H24O2/c1-3-7-12(8-4-1)14(11-15-14)16-13-9-5-2-6-10-13/h12-13H,1-11H2. The van der Waals surface area contributed by atoms with Gasteiger partial charge in [-0.3, -0.25) is 0 Å². The zero-order valence-electron chi connectivity index (χ0n) is 10.2. The molecule has 0 amide bonds. The van der Waals surface area contributed by atoms with Gasteiger partial charge in [0.05, 0.1) is 6.10 Å². The molecular formula is C14H24O2. The van der Waals surface area contributed by atoms with Gasteiger partial charge in [-0.05, 0) is 25.7 Å². The van der Waals surface area contributed by atoms with E-state index in [0.29, 0.717) is 12.0 Å². The predicted octanol–water partition coefficient (Wildman–Crippen LogP) is 3.64. The molecule has 1 heterocycles. The molecule has 0 N–H and O–H groups in total. The monoisotopic (exact) mass is 224 g/mol. The normalized spacial score (nSPS) is 37.5. The number of epoxide rings is 1. The van der Waals surface area contributed by atoms with Crippen LogP contribution < -0.4 is 0 Å². The van der Waals surface area contributed by atoms with E-state index in [1.807, 2.05) is 0 Å². The zero-order valence-corrected chi connectivity index (χ0v) is 10.2. The van der Waals surface area contributed by atoms with E-state index in [1.54, 1.807) is 0 Å². The number of rotatable bonds is 3. The first kappa shape index (κ1) is 11.0. The molecule has 0 aromatic carbocycles. The summed E-state index contributed by atoms with van der Waals surface area (Å²) in [4.78, 5) is 0. The van der Waals surface area contributed by atoms with Gasteiger partial charge in [0.25, 0.3) is 0 Å². The molecule has 2 nitrogen and oxygen atoms in total. The first-order chi connectivity index (χ1) is 7.89. The predicted molar refractivity (Wildman–Crippen MR) is 63.2 cm³/mol. The Morgan fingerprint density at radius 3 is 1.94 bits per heavy atom. The van der Waals surface area contributed by atoms with Crippen molar-refractivity contribution in [1.29, 1.82) is 0 Å². The average molecular weight is 224 g/mol. The molecule has 16 heavy (non-hydrogen) atoms. The molecule has 2 aliphatic carbocycles. The van der Waals surface area contributed by atoms with Crippen LogP contribution in [0.3, 0.4) is 0 Å². The summed E-state index contributed by atoms with van der Waals surface area (Å²) >= 11 is 0. The van der Waals surface area contributed by atoms with Crippen molar-refractivity contribution in [2.24, 2.45) is 5.92 Å². The first-order valence-electron chi connectivity index (χ1n) is 7.21. The SMILES string of the molecule is C1CCC(OC2(C3CCCCC3)CO2)CC1. The summed E-state index contributed by atoms with van der Waals surface area (Å²) in [6.07, 6.45) is 13.9. The molecule has 2 heteroatoms. The van der Waals surface area contributed by atoms with Gasteiger partial charge in [0, 0.05) is 5.92 Å². The minimum absolute atomic E-state index is 0.123. The van der Waals surface area contributed by atoms with E-state index < -0.39 is 0 Å². The summed E-state index contributed by atoms with van der Waals surface area (Å²) in [5.41, 5.74) is 0. The van der Waals surface area contributed by atoms with Crippen LogP contribution in [0.4, 0.5) is 0 Å². The van der Waals surface area contributed by atoms with Crippen LogP contribution >= 0.6 is 0 Å². The maximum Gasteiger partial charge on any atom is 0.195 e. The molecule has 3 rings (SSSR count). The van der Waals surface area contributed by atoms with Crippen molar-refractivity contribution in [2.45, 2.75) is 76.1 Å². The van der Waals surface area contributed by atoms with Gasteiger partial charge in [0.15, 0.2) is 5.79 Å². The Kier molecular flexibility index (Phi) is 3.21. The lowest BCUT2D eigenvalue weighted by molar-refractivity contribution is -0.138. The van der Waals surface area contributed by atoms with E-state index in [-0.39, 0.29) is 5.79 Å². The van der Waals surface area contributed by atoms with Gasteiger partial charge in [-0.25, -0.2) is 0 Å². The van der Waals surface area contributed by atoms with Crippen LogP contribution in [0, 0.1) is 5.92 Å². The van der Waals surface area contributed by atoms with E-state index in [1.165, 1.54) is 64.2 Å². The molecule has 0 spiro atoms. The fourth-order valence-electron chi connectivity index (χ4n) is 3.48. The molecule has 92 valence electrons. The highest BCUT2D eigenvalue weighted by atomic mass is 16.8. The molecule has 3 aliphatic rings. The fraction of sp³-hybridized carbons (Fsp3) is 1.00. The molecule has 0 radical (unpaired) electrons. The van der Waals surface area contributed by atoms with Crippen LogP contribution in [-0.4, -0.2) is 18.5 Å². The minimum Gasteiger partial charge on any atom is -0.344 e. The second-order valence-corrected chi connectivity index (χ2v) is 5.81. The molecule has 0 aromatic heterocycles. The summed E-state index contributed by atoms with van der Waals surface area (Å²) in [7, 11) is 0. The van der Waals surface area contributed by atoms with Crippen LogP contribution in [0.25, 0.3) is 0 Å². The van der Waals surface area contributed by atoms with Crippen molar-refractivity contribution in [2.75, 3.05) is 6.61 Å². The zero-order chi connectivity index (χ0) is 10.8. The lowest BCUT2D eigenvalue weighted by atomic mass is 9.85. The van der Waals surface area contributed by atoms with Gasteiger partial charge < -0.3 is 9.47 Å². The van der Waals surface area contributed by atoms with Gasteiger partial charge in [-0.2, -0.15) is 0 Å². The third-order valence-electron chi connectivity index (χ3n) is 4.57. The van der Waals surface area contributed by atoms with Crippen LogP contribution in [0.15, 0.2) is 0 Å². The molecule has 1 atom stereocenters. The summed E-state index contributed by atoms with van der Waals surface area (Å²) in [5, 5.41) is 0. The largest absolute Gasteiger partial charge is 0.344 e. The maximum atomic E-state index is 6.31. The third-order valence-corrected chi connectivity index (χ3v) is 4.57. The Morgan fingerprint density at radius 2 is 1.38 bits per heavy atom. The molecular weight excluding hydrogens is 200 g/mol. The molecule has 1 unspecified atom stereocenters. The highest BCUT2D eigenvalue weighted by Gasteiger charge is 2.54. The molecule has 1 saturated heterocycles. The van der Waals surface area contributed by atoms with Crippen LogP contribution in [0.1, 0.15) is 64.2 Å². The smallest absolute Gasteiger partial charge is 0.195 e. The number of hydrogen-bond donors (Lipinski definition) is 0. The van der Waals surface area contributed by atoms with Crippen molar-refractivity contribution >= 4 is 0 Å². The topological polar surface area (TPSA) is 21.8 Å². The van der Waals surface area contributed by atoms with E-state index >= 15 is 0 Å². The van der Waals surface area contributed by atoms with Gasteiger partial charge in [-0.1, -0.05) is 38.5 Å². The Hall–Kier alpha value is -0.0800. The fourth-order valence-corrected chi connectivity index (χ4v) is 3.48. The van der Waals surface area contributed by atoms with Crippen molar-refractivity contribution < 1.29 is 9.47 Å². The highest BCUT2D eigenvalue weighted by Crippen LogP contribution is 2.46. The number of ether oxygens (including phenoxy) is 2. The van der Waals surface area contributed by atoms with E-state index in [9.17, 15) is 0 Å². The Morgan fingerprint density at radius 1 is 0.812 bits per heavy atom. The molecule has 0 aromatic rings. The Bertz CT molecular complexity index is 223. The second-order valence-electron chi connectivity index (χ2n) is 5.81. The summed E-state index contributed by atoms with van der Waals surface area (Å²) in [6.45, 7) is 0.869. The van der Waals surface area contributed by atoms with Crippen molar-refractivity contribution in [3.63, 3.8) is 0 Å². The van der Waals surface area contributed by atoms with Crippen molar-refractivity contribution in [3.05, 3.63) is 0 Å². The second kappa shape index (κ2) is 4.66. The van der Waals surface area contributed by atoms with E-state index in [4.69, 9.17) is 9.47 Å². The minimum atomic E-state index is -0.123. The van der Waals surface area contributed by atoms with Crippen LogP contribution in [-0.2, 0) is 9.47 Å². The summed E-state index contributed by atoms with van der Waals surface area (Å²) in [5.74, 6) is 0.575. The number of hydrogen-bond acceptors (Lipinski definition) is 2. The van der Waals surface area contributed by atoms with Gasteiger partial charge in [0.2, 0.25) is 0 Å². The quantitative estimate of drug-likeness (QED) is 0.683. The Balaban J connectivity index is 1.55. The van der Waals surface area contributed by atoms with Gasteiger partial charge >= 0.3 is 0 Å².